The van der Waals surface area contributed by atoms with E-state index in [1.165, 1.54) is 0 Å². The second-order valence-electron chi connectivity index (χ2n) is 7.05. The molecule has 2 aliphatic rings. The number of carbonyl (C=O) groups is 1. The minimum Gasteiger partial charge on any atom is -0.377 e. The van der Waals surface area contributed by atoms with Gasteiger partial charge in [0.15, 0.2) is 0 Å². The van der Waals surface area contributed by atoms with Gasteiger partial charge in [0, 0.05) is 29.2 Å². The lowest BCUT2D eigenvalue weighted by Gasteiger charge is -2.60. The van der Waals surface area contributed by atoms with E-state index in [-0.39, 0.29) is 28.1 Å². The van der Waals surface area contributed by atoms with E-state index in [4.69, 9.17) is 10.5 Å². The van der Waals surface area contributed by atoms with E-state index in [0.29, 0.717) is 6.54 Å². The van der Waals surface area contributed by atoms with Crippen molar-refractivity contribution in [1.82, 2.24) is 5.32 Å². The highest BCUT2D eigenvalue weighted by Gasteiger charge is 2.71. The Morgan fingerprint density at radius 2 is 2.05 bits per heavy atom. The monoisotopic (exact) mass is 314 g/mol. The van der Waals surface area contributed by atoms with Gasteiger partial charge in [-0.3, -0.25) is 4.79 Å². The standard InChI is InChI=1S/C16H30N2O2S/c1-6-15(7-2,21-5)10-18-13(19)16(17)11-8-9-20-12(11)14(16,3)4/h11-12H,6-10,17H2,1-5H3,(H,18,19). The summed E-state index contributed by atoms with van der Waals surface area (Å²) in [4.78, 5) is 12.8. The molecule has 1 aliphatic carbocycles. The van der Waals surface area contributed by atoms with Crippen molar-refractivity contribution < 1.29 is 9.53 Å². The average molecular weight is 314 g/mol. The number of amides is 1. The van der Waals surface area contributed by atoms with Crippen LogP contribution in [0.3, 0.4) is 0 Å². The second-order valence-corrected chi connectivity index (χ2v) is 8.33. The molecular formula is C16H30N2O2S. The Morgan fingerprint density at radius 1 is 1.43 bits per heavy atom. The molecule has 122 valence electrons. The summed E-state index contributed by atoms with van der Waals surface area (Å²) in [7, 11) is 0. The topological polar surface area (TPSA) is 64.4 Å². The maximum absolute atomic E-state index is 12.8. The molecule has 21 heavy (non-hydrogen) atoms. The van der Waals surface area contributed by atoms with Gasteiger partial charge in [-0.25, -0.2) is 0 Å². The largest absolute Gasteiger partial charge is 0.377 e. The lowest BCUT2D eigenvalue weighted by Crippen LogP contribution is -2.80. The number of nitrogens with one attached hydrogen (secondary N) is 1. The summed E-state index contributed by atoms with van der Waals surface area (Å²) in [5.74, 6) is 0.166. The predicted octanol–water partition coefficient (Wildman–Crippen LogP) is 2.17. The van der Waals surface area contributed by atoms with Gasteiger partial charge in [-0.15, -0.1) is 0 Å². The van der Waals surface area contributed by atoms with Gasteiger partial charge in [-0.1, -0.05) is 27.7 Å². The van der Waals surface area contributed by atoms with Crippen molar-refractivity contribution in [2.45, 2.75) is 63.3 Å². The molecule has 0 aromatic carbocycles. The molecule has 1 aliphatic heterocycles. The molecule has 0 aromatic heterocycles. The van der Waals surface area contributed by atoms with E-state index < -0.39 is 5.54 Å². The number of fused-ring (bicyclic) bond motifs is 1. The first-order valence-electron chi connectivity index (χ1n) is 8.03. The van der Waals surface area contributed by atoms with Gasteiger partial charge >= 0.3 is 0 Å². The van der Waals surface area contributed by atoms with E-state index in [9.17, 15) is 4.79 Å². The van der Waals surface area contributed by atoms with Crippen molar-refractivity contribution >= 4 is 17.7 Å². The van der Waals surface area contributed by atoms with Gasteiger partial charge in [-0.05, 0) is 25.5 Å². The van der Waals surface area contributed by atoms with E-state index in [2.05, 4.69) is 39.3 Å². The zero-order chi connectivity index (χ0) is 15.9. The van der Waals surface area contributed by atoms with Crippen LogP contribution < -0.4 is 11.1 Å². The molecule has 2 fully saturated rings. The molecule has 3 atom stereocenters. The fraction of sp³-hybridized carbons (Fsp3) is 0.938. The van der Waals surface area contributed by atoms with Crippen LogP contribution in [-0.4, -0.2) is 41.7 Å². The van der Waals surface area contributed by atoms with E-state index in [0.717, 1.165) is 25.9 Å². The summed E-state index contributed by atoms with van der Waals surface area (Å²) < 4.78 is 5.87. The van der Waals surface area contributed by atoms with E-state index in [1.54, 1.807) is 0 Å². The number of hydrogen-bond donors (Lipinski definition) is 2. The fourth-order valence-corrected chi connectivity index (χ4v) is 4.89. The number of hydrogen-bond acceptors (Lipinski definition) is 4. The zero-order valence-electron chi connectivity index (χ0n) is 14.0. The highest BCUT2D eigenvalue weighted by atomic mass is 32.2. The Balaban J connectivity index is 2.07. The second kappa shape index (κ2) is 5.74. The SMILES string of the molecule is CCC(CC)(CNC(=O)C1(N)C2CCOC2C1(C)C)SC. The van der Waals surface area contributed by atoms with E-state index >= 15 is 0 Å². The van der Waals surface area contributed by atoms with Gasteiger partial charge in [0.05, 0.1) is 6.10 Å². The molecule has 0 aromatic rings. The molecule has 3 N–H and O–H groups in total. The smallest absolute Gasteiger partial charge is 0.241 e. The van der Waals surface area contributed by atoms with Gasteiger partial charge in [0.2, 0.25) is 5.91 Å². The Hall–Kier alpha value is -0.260. The summed E-state index contributed by atoms with van der Waals surface area (Å²) >= 11 is 1.83. The quantitative estimate of drug-likeness (QED) is 0.788. The van der Waals surface area contributed by atoms with Gasteiger partial charge < -0.3 is 15.8 Å². The Kier molecular flexibility index (Phi) is 4.68. The van der Waals surface area contributed by atoms with Crippen LogP contribution in [0.4, 0.5) is 0 Å². The maximum Gasteiger partial charge on any atom is 0.241 e. The summed E-state index contributed by atoms with van der Waals surface area (Å²) in [6, 6.07) is 0. The zero-order valence-corrected chi connectivity index (χ0v) is 14.8. The minimum absolute atomic E-state index is 0.000394. The van der Waals surface area contributed by atoms with Gasteiger partial charge in [-0.2, -0.15) is 11.8 Å². The average Bonchev–Trinajstić information content (AvgIpc) is 2.96. The summed E-state index contributed by atoms with van der Waals surface area (Å²) in [5, 5.41) is 3.15. The Morgan fingerprint density at radius 3 is 2.57 bits per heavy atom. The fourth-order valence-electron chi connectivity index (χ4n) is 4.09. The molecule has 2 rings (SSSR count). The first-order chi connectivity index (χ1) is 9.79. The van der Waals surface area contributed by atoms with Crippen LogP contribution in [-0.2, 0) is 9.53 Å². The molecule has 5 heteroatoms. The Labute approximate surface area is 132 Å². The first kappa shape index (κ1) is 17.1. The van der Waals surface area contributed by atoms with Crippen LogP contribution in [0.5, 0.6) is 0 Å². The number of rotatable bonds is 6. The number of thioether (sulfide) groups is 1. The minimum atomic E-state index is -0.792. The summed E-state index contributed by atoms with van der Waals surface area (Å²) in [6.07, 6.45) is 5.23. The predicted molar refractivity (Wildman–Crippen MR) is 88.4 cm³/mol. The molecule has 4 nitrogen and oxygen atoms in total. The molecule has 0 bridgehead atoms. The molecular weight excluding hydrogens is 284 g/mol. The van der Waals surface area contributed by atoms with Crippen molar-refractivity contribution in [3.63, 3.8) is 0 Å². The Bertz CT molecular complexity index is 401. The van der Waals surface area contributed by atoms with Crippen LogP contribution in [0.15, 0.2) is 0 Å². The van der Waals surface area contributed by atoms with Crippen molar-refractivity contribution in [2.24, 2.45) is 17.1 Å². The third-order valence-electron chi connectivity index (χ3n) is 6.12. The third-order valence-corrected chi connectivity index (χ3v) is 7.71. The number of nitrogens with two attached hydrogens (primary N) is 1. The molecule has 1 saturated carbocycles. The lowest BCUT2D eigenvalue weighted by molar-refractivity contribution is -0.175. The summed E-state index contributed by atoms with van der Waals surface area (Å²) in [5.41, 5.74) is 5.48. The molecule has 0 radical (unpaired) electrons. The highest BCUT2D eigenvalue weighted by molar-refractivity contribution is 8.00. The van der Waals surface area contributed by atoms with Crippen molar-refractivity contribution in [2.75, 3.05) is 19.4 Å². The van der Waals surface area contributed by atoms with Gasteiger partial charge in [0.25, 0.3) is 0 Å². The van der Waals surface area contributed by atoms with Crippen LogP contribution in [0.1, 0.15) is 47.0 Å². The van der Waals surface area contributed by atoms with Crippen LogP contribution in [0.2, 0.25) is 0 Å². The molecule has 1 amide bonds. The van der Waals surface area contributed by atoms with Crippen molar-refractivity contribution in [3.05, 3.63) is 0 Å². The number of ether oxygens (including phenoxy) is 1. The van der Waals surface area contributed by atoms with E-state index in [1.807, 2.05) is 11.8 Å². The van der Waals surface area contributed by atoms with Crippen LogP contribution in [0.25, 0.3) is 0 Å². The summed E-state index contributed by atoms with van der Waals surface area (Å²) in [6.45, 7) is 9.88. The van der Waals surface area contributed by atoms with Gasteiger partial charge in [0.1, 0.15) is 5.54 Å². The third kappa shape index (κ3) is 2.32. The lowest BCUT2D eigenvalue weighted by atomic mass is 9.48. The van der Waals surface area contributed by atoms with Crippen molar-refractivity contribution in [1.29, 1.82) is 0 Å². The van der Waals surface area contributed by atoms with Crippen molar-refractivity contribution in [3.8, 4) is 0 Å². The maximum atomic E-state index is 12.8. The molecule has 1 saturated heterocycles. The van der Waals surface area contributed by atoms with Crippen LogP contribution >= 0.6 is 11.8 Å². The molecule has 1 heterocycles. The highest BCUT2D eigenvalue weighted by Crippen LogP contribution is 2.58. The molecule has 3 unspecified atom stereocenters. The normalized spacial score (nSPS) is 34.2. The van der Waals surface area contributed by atoms with Crippen LogP contribution in [0, 0.1) is 11.3 Å². The molecule has 0 spiro atoms. The first-order valence-corrected chi connectivity index (χ1v) is 9.25. The number of carbonyl (C=O) groups excluding carboxylic acids is 1.